The average molecular weight is 328 g/mol. The summed E-state index contributed by atoms with van der Waals surface area (Å²) in [4.78, 5) is 11.8. The molecule has 0 saturated carbocycles. The lowest BCUT2D eigenvalue weighted by atomic mass is 10.0. The minimum atomic E-state index is -0.413. The molecule has 126 valence electrons. The Morgan fingerprint density at radius 1 is 1.12 bits per heavy atom. The molecule has 0 amide bonds. The minimum Gasteiger partial charge on any atom is -0.463 e. The van der Waals surface area contributed by atoms with E-state index < -0.39 is 5.97 Å². The third-order valence-corrected chi connectivity index (χ3v) is 3.53. The van der Waals surface area contributed by atoms with Crippen molar-refractivity contribution >= 4 is 5.97 Å². The van der Waals surface area contributed by atoms with E-state index in [1.165, 1.54) is 12.1 Å². The first kappa shape index (κ1) is 17.9. The summed E-state index contributed by atoms with van der Waals surface area (Å²) in [5.41, 5.74) is 2.17. The Morgan fingerprint density at radius 3 is 2.42 bits per heavy atom. The molecule has 0 aliphatic heterocycles. The molecule has 0 N–H and O–H groups in total. The lowest BCUT2D eigenvalue weighted by molar-refractivity contribution is -0.139. The number of esters is 1. The van der Waals surface area contributed by atoms with Gasteiger partial charge in [-0.25, -0.2) is 9.18 Å². The molecule has 24 heavy (non-hydrogen) atoms. The third-order valence-electron chi connectivity index (χ3n) is 3.53. The maximum absolute atomic E-state index is 13.0. The Morgan fingerprint density at radius 2 is 1.79 bits per heavy atom. The van der Waals surface area contributed by atoms with E-state index in [4.69, 9.17) is 9.47 Å². The molecule has 0 aromatic heterocycles. The highest BCUT2D eigenvalue weighted by Crippen LogP contribution is 2.26. The lowest BCUT2D eigenvalue weighted by Gasteiger charge is -2.19. The topological polar surface area (TPSA) is 35.5 Å². The summed E-state index contributed by atoms with van der Waals surface area (Å²) >= 11 is 0. The van der Waals surface area contributed by atoms with Crippen molar-refractivity contribution in [3.63, 3.8) is 0 Å². The van der Waals surface area contributed by atoms with Gasteiger partial charge in [-0.3, -0.25) is 0 Å². The molecule has 0 aliphatic carbocycles. The summed E-state index contributed by atoms with van der Waals surface area (Å²) in [5, 5.41) is 0. The second-order valence-electron chi connectivity index (χ2n) is 5.36. The van der Waals surface area contributed by atoms with E-state index >= 15 is 0 Å². The zero-order chi connectivity index (χ0) is 17.4. The van der Waals surface area contributed by atoms with Gasteiger partial charge in [-0.2, -0.15) is 0 Å². The van der Waals surface area contributed by atoms with Crippen LogP contribution in [0.2, 0.25) is 0 Å². The molecule has 0 radical (unpaired) electrons. The van der Waals surface area contributed by atoms with Crippen LogP contribution in [0.15, 0.2) is 66.7 Å². The van der Waals surface area contributed by atoms with Gasteiger partial charge in [-0.05, 0) is 30.2 Å². The van der Waals surface area contributed by atoms with E-state index in [2.05, 4.69) is 6.58 Å². The van der Waals surface area contributed by atoms with Gasteiger partial charge >= 0.3 is 5.97 Å². The van der Waals surface area contributed by atoms with Gasteiger partial charge in [0.2, 0.25) is 0 Å². The van der Waals surface area contributed by atoms with E-state index in [0.717, 1.165) is 11.1 Å². The van der Waals surface area contributed by atoms with Gasteiger partial charge in [0.25, 0.3) is 0 Å². The number of halogens is 1. The summed E-state index contributed by atoms with van der Waals surface area (Å²) in [6, 6.07) is 15.8. The maximum Gasteiger partial charge on any atom is 0.333 e. The molecule has 3 nitrogen and oxygen atoms in total. The van der Waals surface area contributed by atoms with E-state index in [-0.39, 0.29) is 11.9 Å². The monoisotopic (exact) mass is 328 g/mol. The van der Waals surface area contributed by atoms with Crippen LogP contribution in [0.1, 0.15) is 30.6 Å². The summed E-state index contributed by atoms with van der Waals surface area (Å²) in [5.74, 6) is -0.696. The van der Waals surface area contributed by atoms with Crippen LogP contribution in [-0.4, -0.2) is 12.6 Å². The van der Waals surface area contributed by atoms with E-state index in [1.807, 2.05) is 30.3 Å². The van der Waals surface area contributed by atoms with Crippen molar-refractivity contribution in [2.24, 2.45) is 0 Å². The molecule has 0 aliphatic rings. The molecular formula is C20H21FO3. The molecule has 0 spiro atoms. The van der Waals surface area contributed by atoms with Crippen LogP contribution in [-0.2, 0) is 20.9 Å². The summed E-state index contributed by atoms with van der Waals surface area (Å²) in [6.07, 6.45) is 0.0116. The fraction of sp³-hybridized carbons (Fsp3) is 0.250. The normalized spacial score (nSPS) is 11.8. The van der Waals surface area contributed by atoms with E-state index in [0.29, 0.717) is 25.2 Å². The molecule has 2 aromatic carbocycles. The zero-order valence-electron chi connectivity index (χ0n) is 13.7. The molecule has 0 bridgehead atoms. The highest BCUT2D eigenvalue weighted by molar-refractivity contribution is 5.87. The van der Waals surface area contributed by atoms with Crippen molar-refractivity contribution in [1.29, 1.82) is 0 Å². The number of hydrogen-bond acceptors (Lipinski definition) is 3. The lowest BCUT2D eigenvalue weighted by Crippen LogP contribution is -2.12. The SMILES string of the molecule is C=C(CC(OCc1ccc(F)cc1)c1ccccc1)C(=O)OCC. The molecule has 0 fully saturated rings. The highest BCUT2D eigenvalue weighted by Gasteiger charge is 2.18. The fourth-order valence-corrected chi connectivity index (χ4v) is 2.26. The van der Waals surface area contributed by atoms with Crippen LogP contribution in [0.4, 0.5) is 4.39 Å². The number of carbonyl (C=O) groups excluding carboxylic acids is 1. The first-order valence-corrected chi connectivity index (χ1v) is 7.86. The predicted octanol–water partition coefficient (Wildman–Crippen LogP) is 4.59. The molecule has 1 atom stereocenters. The van der Waals surface area contributed by atoms with Crippen molar-refractivity contribution in [2.75, 3.05) is 6.61 Å². The molecule has 2 rings (SSSR count). The zero-order valence-corrected chi connectivity index (χ0v) is 13.7. The molecule has 1 unspecified atom stereocenters. The number of rotatable bonds is 8. The first-order chi connectivity index (χ1) is 11.6. The van der Waals surface area contributed by atoms with Crippen molar-refractivity contribution in [1.82, 2.24) is 0 Å². The van der Waals surface area contributed by atoms with Crippen LogP contribution in [0.5, 0.6) is 0 Å². The largest absolute Gasteiger partial charge is 0.463 e. The molecule has 4 heteroatoms. The number of benzene rings is 2. The molecule has 0 saturated heterocycles. The smallest absolute Gasteiger partial charge is 0.333 e. The second-order valence-corrected chi connectivity index (χ2v) is 5.36. The van der Waals surface area contributed by atoms with Crippen LogP contribution in [0, 0.1) is 5.82 Å². The number of hydrogen-bond donors (Lipinski definition) is 0. The highest BCUT2D eigenvalue weighted by atomic mass is 19.1. The van der Waals surface area contributed by atoms with Crippen molar-refractivity contribution in [3.05, 3.63) is 83.7 Å². The quantitative estimate of drug-likeness (QED) is 0.525. The molecule has 0 heterocycles. The maximum atomic E-state index is 13.0. The Bertz CT molecular complexity index is 665. The van der Waals surface area contributed by atoms with Gasteiger partial charge in [-0.1, -0.05) is 49.0 Å². The van der Waals surface area contributed by atoms with Crippen LogP contribution in [0.25, 0.3) is 0 Å². The molecule has 2 aromatic rings. The average Bonchev–Trinajstić information content (AvgIpc) is 2.60. The Labute approximate surface area is 141 Å². The van der Waals surface area contributed by atoms with Gasteiger partial charge < -0.3 is 9.47 Å². The predicted molar refractivity (Wildman–Crippen MR) is 90.8 cm³/mol. The van der Waals surface area contributed by atoms with Crippen LogP contribution >= 0.6 is 0 Å². The van der Waals surface area contributed by atoms with E-state index in [9.17, 15) is 9.18 Å². The first-order valence-electron chi connectivity index (χ1n) is 7.86. The Hall–Kier alpha value is -2.46. The van der Waals surface area contributed by atoms with Gasteiger partial charge in [0, 0.05) is 12.0 Å². The standard InChI is InChI=1S/C20H21FO3/c1-3-23-20(22)15(2)13-19(17-7-5-4-6-8-17)24-14-16-9-11-18(21)12-10-16/h4-12,19H,2-3,13-14H2,1H3. The number of carbonyl (C=O) groups is 1. The van der Waals surface area contributed by atoms with E-state index in [1.54, 1.807) is 19.1 Å². The second kappa shape index (κ2) is 8.99. The minimum absolute atomic E-state index is 0.283. The Kier molecular flexibility index (Phi) is 6.70. The van der Waals surface area contributed by atoms with Crippen molar-refractivity contribution in [3.8, 4) is 0 Å². The summed E-state index contributed by atoms with van der Waals surface area (Å²) < 4.78 is 23.9. The molecular weight excluding hydrogens is 307 g/mol. The van der Waals surface area contributed by atoms with Gasteiger partial charge in [-0.15, -0.1) is 0 Å². The third kappa shape index (κ3) is 5.32. The number of ether oxygens (including phenoxy) is 2. The fourth-order valence-electron chi connectivity index (χ4n) is 2.26. The summed E-state index contributed by atoms with van der Waals surface area (Å²) in [6.45, 7) is 6.18. The van der Waals surface area contributed by atoms with Gasteiger partial charge in [0.1, 0.15) is 5.82 Å². The van der Waals surface area contributed by atoms with Gasteiger partial charge in [0.15, 0.2) is 0 Å². The summed E-state index contributed by atoms with van der Waals surface area (Å²) in [7, 11) is 0. The van der Waals surface area contributed by atoms with Crippen molar-refractivity contribution in [2.45, 2.75) is 26.1 Å². The van der Waals surface area contributed by atoms with Crippen LogP contribution < -0.4 is 0 Å². The van der Waals surface area contributed by atoms with Crippen molar-refractivity contribution < 1.29 is 18.7 Å². The van der Waals surface area contributed by atoms with Gasteiger partial charge in [0.05, 0.1) is 19.3 Å². The Balaban J connectivity index is 2.07. The van der Waals surface area contributed by atoms with Crippen LogP contribution in [0.3, 0.4) is 0 Å².